The van der Waals surface area contributed by atoms with Crippen molar-refractivity contribution in [3.63, 3.8) is 0 Å². The number of rotatable bonds is 12. The van der Waals surface area contributed by atoms with Crippen LogP contribution in [-0.4, -0.2) is 39.6 Å². The highest BCUT2D eigenvalue weighted by Crippen LogP contribution is 2.40. The van der Waals surface area contributed by atoms with Gasteiger partial charge in [-0.15, -0.1) is 0 Å². The molecule has 0 saturated heterocycles. The third-order valence-electron chi connectivity index (χ3n) is 6.01. The fourth-order valence-electron chi connectivity index (χ4n) is 4.50. The molecule has 3 N–H and O–H groups in total. The van der Waals surface area contributed by atoms with Crippen LogP contribution in [0, 0.1) is 11.8 Å². The van der Waals surface area contributed by atoms with Crippen molar-refractivity contribution >= 4 is 5.97 Å². The predicted octanol–water partition coefficient (Wildman–Crippen LogP) is 4.15. The quantitative estimate of drug-likeness (QED) is 0.359. The molecule has 2 unspecified atom stereocenters. The van der Waals surface area contributed by atoms with Crippen molar-refractivity contribution in [3.8, 4) is 0 Å². The Kier molecular flexibility index (Phi) is 10.1. The molecule has 5 atom stereocenters. The molecular formula is C24H38O5. The summed E-state index contributed by atoms with van der Waals surface area (Å²) >= 11 is 0. The van der Waals surface area contributed by atoms with Gasteiger partial charge in [-0.05, 0) is 63.4 Å². The van der Waals surface area contributed by atoms with Gasteiger partial charge in [0, 0.05) is 6.42 Å². The first-order valence-corrected chi connectivity index (χ1v) is 11.2. The molecule has 164 valence electrons. The summed E-state index contributed by atoms with van der Waals surface area (Å²) in [7, 11) is 0. The Hall–Kier alpha value is -1.43. The van der Waals surface area contributed by atoms with Gasteiger partial charge in [-0.1, -0.05) is 49.6 Å². The largest absolute Gasteiger partial charge is 0.463 e. The van der Waals surface area contributed by atoms with E-state index in [1.807, 2.05) is 44.2 Å². The standard InChI is InChI=1S/C24H38O5/c1-17(2)29-24(28)13-9-4-3-8-12-19-20(23(27)16-22(19)26)14-15-21(25)18-10-6-5-7-11-18/h5-7,10-11,17,19-23,25-27H,3-4,8-9,12-16H2,1-2H3/t19-,20?,21?,22+,23-/m1/s1. The second-order valence-corrected chi connectivity index (χ2v) is 8.69. The molecule has 1 saturated carbocycles. The number of hydrogen-bond donors (Lipinski definition) is 3. The van der Waals surface area contributed by atoms with Crippen molar-refractivity contribution in [2.75, 3.05) is 0 Å². The highest BCUT2D eigenvalue weighted by Gasteiger charge is 2.40. The Morgan fingerprint density at radius 1 is 1.00 bits per heavy atom. The molecule has 1 aromatic rings. The van der Waals surface area contributed by atoms with Gasteiger partial charge in [-0.2, -0.15) is 0 Å². The van der Waals surface area contributed by atoms with E-state index in [0.29, 0.717) is 25.7 Å². The van der Waals surface area contributed by atoms with Gasteiger partial charge in [0.15, 0.2) is 0 Å². The maximum absolute atomic E-state index is 11.5. The average molecular weight is 407 g/mol. The molecule has 0 amide bonds. The third-order valence-corrected chi connectivity index (χ3v) is 6.01. The topological polar surface area (TPSA) is 87.0 Å². The highest BCUT2D eigenvalue weighted by atomic mass is 16.5. The molecule has 5 heteroatoms. The van der Waals surface area contributed by atoms with Crippen molar-refractivity contribution in [3.05, 3.63) is 35.9 Å². The number of esters is 1. The van der Waals surface area contributed by atoms with E-state index in [-0.39, 0.29) is 23.9 Å². The van der Waals surface area contributed by atoms with E-state index in [4.69, 9.17) is 4.74 Å². The molecule has 29 heavy (non-hydrogen) atoms. The van der Waals surface area contributed by atoms with Gasteiger partial charge in [0.2, 0.25) is 0 Å². The predicted molar refractivity (Wildman–Crippen MR) is 113 cm³/mol. The van der Waals surface area contributed by atoms with Crippen molar-refractivity contribution in [2.24, 2.45) is 11.8 Å². The summed E-state index contributed by atoms with van der Waals surface area (Å²) < 4.78 is 5.14. The minimum atomic E-state index is -0.535. The lowest BCUT2D eigenvalue weighted by molar-refractivity contribution is -0.147. The van der Waals surface area contributed by atoms with E-state index >= 15 is 0 Å². The van der Waals surface area contributed by atoms with Crippen LogP contribution in [0.2, 0.25) is 0 Å². The van der Waals surface area contributed by atoms with Gasteiger partial charge in [0.25, 0.3) is 0 Å². The molecule has 1 aliphatic rings. The number of hydrogen-bond acceptors (Lipinski definition) is 5. The Morgan fingerprint density at radius 2 is 1.62 bits per heavy atom. The SMILES string of the molecule is CC(C)OC(=O)CCCCCC[C@@H]1C(CCC(O)c2ccccc2)[C@H](O)C[C@@H]1O. The third kappa shape index (κ3) is 8.07. The van der Waals surface area contributed by atoms with Crippen LogP contribution < -0.4 is 0 Å². The Labute approximate surface area is 175 Å². The van der Waals surface area contributed by atoms with Crippen LogP contribution >= 0.6 is 0 Å². The van der Waals surface area contributed by atoms with Gasteiger partial charge in [-0.25, -0.2) is 0 Å². The minimum Gasteiger partial charge on any atom is -0.463 e. The van der Waals surface area contributed by atoms with Gasteiger partial charge >= 0.3 is 5.97 Å². The summed E-state index contributed by atoms with van der Waals surface area (Å²) in [6.07, 6.45) is 5.29. The fraction of sp³-hybridized carbons (Fsp3) is 0.708. The first kappa shape index (κ1) is 23.8. The number of unbranched alkanes of at least 4 members (excludes halogenated alkanes) is 3. The molecule has 0 aromatic heterocycles. The lowest BCUT2D eigenvalue weighted by Gasteiger charge is -2.24. The summed E-state index contributed by atoms with van der Waals surface area (Å²) in [6, 6.07) is 9.59. The number of carbonyl (C=O) groups is 1. The molecule has 0 aliphatic heterocycles. The van der Waals surface area contributed by atoms with E-state index in [0.717, 1.165) is 37.7 Å². The number of carbonyl (C=O) groups excluding carboxylic acids is 1. The smallest absolute Gasteiger partial charge is 0.306 e. The van der Waals surface area contributed by atoms with Crippen molar-refractivity contribution in [1.82, 2.24) is 0 Å². The first-order chi connectivity index (χ1) is 13.9. The Balaban J connectivity index is 1.70. The van der Waals surface area contributed by atoms with Gasteiger partial charge in [0.1, 0.15) is 0 Å². The zero-order valence-corrected chi connectivity index (χ0v) is 17.9. The molecule has 1 aliphatic carbocycles. The normalized spacial score (nSPS) is 25.3. The molecule has 1 aromatic carbocycles. The van der Waals surface area contributed by atoms with E-state index < -0.39 is 18.3 Å². The zero-order chi connectivity index (χ0) is 21.2. The lowest BCUT2D eigenvalue weighted by atomic mass is 9.84. The molecular weight excluding hydrogens is 368 g/mol. The molecule has 0 radical (unpaired) electrons. The molecule has 0 spiro atoms. The highest BCUT2D eigenvalue weighted by molar-refractivity contribution is 5.69. The summed E-state index contributed by atoms with van der Waals surface area (Å²) in [6.45, 7) is 3.71. The van der Waals surface area contributed by atoms with Crippen LogP contribution in [0.1, 0.15) is 83.3 Å². The summed E-state index contributed by atoms with van der Waals surface area (Å²) in [5.74, 6) is -0.0189. The van der Waals surface area contributed by atoms with Crippen LogP contribution in [0.5, 0.6) is 0 Å². The zero-order valence-electron chi connectivity index (χ0n) is 17.9. The first-order valence-electron chi connectivity index (χ1n) is 11.2. The molecule has 1 fully saturated rings. The Morgan fingerprint density at radius 3 is 2.28 bits per heavy atom. The van der Waals surface area contributed by atoms with Crippen molar-refractivity contribution < 1.29 is 24.9 Å². The number of benzene rings is 1. The number of aliphatic hydroxyl groups is 3. The van der Waals surface area contributed by atoms with Gasteiger partial charge in [-0.3, -0.25) is 4.79 Å². The van der Waals surface area contributed by atoms with E-state index in [1.54, 1.807) is 0 Å². The second-order valence-electron chi connectivity index (χ2n) is 8.69. The van der Waals surface area contributed by atoms with E-state index in [9.17, 15) is 20.1 Å². The monoisotopic (exact) mass is 406 g/mol. The van der Waals surface area contributed by atoms with Gasteiger partial charge < -0.3 is 20.1 Å². The van der Waals surface area contributed by atoms with E-state index in [2.05, 4.69) is 0 Å². The number of ether oxygens (including phenoxy) is 1. The van der Waals surface area contributed by atoms with Crippen molar-refractivity contribution in [2.45, 2.75) is 96.1 Å². The minimum absolute atomic E-state index is 0.0318. The molecule has 2 rings (SSSR count). The number of aliphatic hydroxyl groups excluding tert-OH is 3. The van der Waals surface area contributed by atoms with Crippen LogP contribution in [0.25, 0.3) is 0 Å². The molecule has 0 bridgehead atoms. The Bertz CT molecular complexity index is 588. The van der Waals surface area contributed by atoms with Crippen LogP contribution in [0.4, 0.5) is 0 Å². The lowest BCUT2D eigenvalue weighted by Crippen LogP contribution is -2.23. The average Bonchev–Trinajstić information content (AvgIpc) is 2.95. The van der Waals surface area contributed by atoms with Crippen molar-refractivity contribution in [1.29, 1.82) is 0 Å². The maximum atomic E-state index is 11.5. The molecule has 5 nitrogen and oxygen atoms in total. The molecule has 0 heterocycles. The van der Waals surface area contributed by atoms with Crippen LogP contribution in [-0.2, 0) is 9.53 Å². The van der Waals surface area contributed by atoms with Crippen LogP contribution in [0.15, 0.2) is 30.3 Å². The van der Waals surface area contributed by atoms with Crippen LogP contribution in [0.3, 0.4) is 0 Å². The summed E-state index contributed by atoms with van der Waals surface area (Å²) in [4.78, 5) is 11.5. The van der Waals surface area contributed by atoms with E-state index in [1.165, 1.54) is 0 Å². The maximum Gasteiger partial charge on any atom is 0.306 e. The fourth-order valence-corrected chi connectivity index (χ4v) is 4.50. The second kappa shape index (κ2) is 12.3. The van der Waals surface area contributed by atoms with Gasteiger partial charge in [0.05, 0.1) is 24.4 Å². The summed E-state index contributed by atoms with van der Waals surface area (Å²) in [5, 5.41) is 31.2. The summed E-state index contributed by atoms with van der Waals surface area (Å²) in [5.41, 5.74) is 0.896.